The number of nitriles is 1. The van der Waals surface area contributed by atoms with Crippen LogP contribution >= 0.6 is 0 Å². The van der Waals surface area contributed by atoms with Gasteiger partial charge in [-0.2, -0.15) is 5.26 Å². The zero-order chi connectivity index (χ0) is 13.0. The summed E-state index contributed by atoms with van der Waals surface area (Å²) in [6, 6.07) is 6.44. The summed E-state index contributed by atoms with van der Waals surface area (Å²) in [5.74, 6) is -0.369. The molecule has 0 aliphatic carbocycles. The summed E-state index contributed by atoms with van der Waals surface area (Å²) in [6.07, 6.45) is 1.51. The molecular weight excluding hydrogens is 253 g/mol. The van der Waals surface area contributed by atoms with Gasteiger partial charge in [0, 0.05) is 34.8 Å². The lowest BCUT2D eigenvalue weighted by molar-refractivity contribution is 0.0992. The molecule has 1 unspecified atom stereocenters. The van der Waals surface area contributed by atoms with Crippen LogP contribution in [-0.2, 0) is 21.3 Å². The topological polar surface area (TPSA) is 50.1 Å². The Balaban J connectivity index is 2.09. The number of ether oxygens (including phenoxy) is 1. The van der Waals surface area contributed by atoms with Gasteiger partial charge in [-0.15, -0.1) is 0 Å². The van der Waals surface area contributed by atoms with Crippen molar-refractivity contribution in [2.75, 3.05) is 13.2 Å². The summed E-state index contributed by atoms with van der Waals surface area (Å²) in [7, 11) is -1.11. The van der Waals surface area contributed by atoms with Gasteiger partial charge in [-0.05, 0) is 18.9 Å². The molecule has 3 nitrogen and oxygen atoms in total. The molecule has 0 N–H and O–H groups in total. The molecule has 0 amide bonds. The van der Waals surface area contributed by atoms with Crippen molar-refractivity contribution in [2.24, 2.45) is 0 Å². The lowest BCUT2D eigenvalue weighted by atomic mass is 10.1. The molecule has 2 rings (SSSR count). The van der Waals surface area contributed by atoms with E-state index in [1.807, 2.05) is 0 Å². The number of hydrogen-bond donors (Lipinski definition) is 0. The van der Waals surface area contributed by atoms with Crippen molar-refractivity contribution in [3.05, 3.63) is 35.1 Å². The monoisotopic (exact) mass is 267 g/mol. The molecule has 1 atom stereocenters. The van der Waals surface area contributed by atoms with E-state index in [1.54, 1.807) is 18.2 Å². The van der Waals surface area contributed by atoms with Gasteiger partial charge in [0.1, 0.15) is 11.9 Å². The van der Waals surface area contributed by atoms with Crippen molar-refractivity contribution < 1.29 is 13.3 Å². The Hall–Kier alpha value is -1.25. The fourth-order valence-corrected chi connectivity index (χ4v) is 3.47. The Morgan fingerprint density at radius 2 is 2.17 bits per heavy atom. The van der Waals surface area contributed by atoms with Crippen LogP contribution < -0.4 is 0 Å². The summed E-state index contributed by atoms with van der Waals surface area (Å²) in [5.41, 5.74) is 0.371. The molecule has 1 heterocycles. The van der Waals surface area contributed by atoms with Gasteiger partial charge < -0.3 is 4.74 Å². The zero-order valence-corrected chi connectivity index (χ0v) is 10.7. The Morgan fingerprint density at radius 1 is 1.44 bits per heavy atom. The van der Waals surface area contributed by atoms with Crippen LogP contribution in [0.15, 0.2) is 18.2 Å². The number of halogens is 1. The molecule has 96 valence electrons. The summed E-state index contributed by atoms with van der Waals surface area (Å²) in [5, 5.41) is 8.82. The van der Waals surface area contributed by atoms with E-state index in [2.05, 4.69) is 0 Å². The Kier molecular flexibility index (Phi) is 4.45. The van der Waals surface area contributed by atoms with Gasteiger partial charge >= 0.3 is 0 Å². The molecule has 1 aromatic rings. The van der Waals surface area contributed by atoms with E-state index < -0.39 is 16.6 Å². The van der Waals surface area contributed by atoms with Crippen LogP contribution in [0.2, 0.25) is 0 Å². The van der Waals surface area contributed by atoms with Gasteiger partial charge in [-0.1, -0.05) is 12.1 Å². The highest BCUT2D eigenvalue weighted by Gasteiger charge is 2.21. The highest BCUT2D eigenvalue weighted by molar-refractivity contribution is 7.84. The average molecular weight is 267 g/mol. The SMILES string of the molecule is N#Cc1cccc(CS(=O)C2CCOCC2)c1F. The van der Waals surface area contributed by atoms with E-state index in [0.29, 0.717) is 18.8 Å². The van der Waals surface area contributed by atoms with Gasteiger partial charge in [0.05, 0.1) is 11.3 Å². The first-order valence-electron chi connectivity index (χ1n) is 5.85. The van der Waals surface area contributed by atoms with Gasteiger partial charge in [-0.3, -0.25) is 4.21 Å². The van der Waals surface area contributed by atoms with Crippen molar-refractivity contribution in [3.8, 4) is 6.07 Å². The Labute approximate surface area is 108 Å². The molecule has 1 aliphatic heterocycles. The highest BCUT2D eigenvalue weighted by Crippen LogP contribution is 2.19. The maximum absolute atomic E-state index is 13.8. The molecule has 0 saturated carbocycles. The van der Waals surface area contributed by atoms with E-state index in [4.69, 9.17) is 10.00 Å². The van der Waals surface area contributed by atoms with Crippen LogP contribution in [0.1, 0.15) is 24.0 Å². The number of benzene rings is 1. The van der Waals surface area contributed by atoms with Crippen molar-refractivity contribution in [3.63, 3.8) is 0 Å². The van der Waals surface area contributed by atoms with Gasteiger partial charge in [-0.25, -0.2) is 4.39 Å². The van der Waals surface area contributed by atoms with Crippen molar-refractivity contribution in [2.45, 2.75) is 23.8 Å². The van der Waals surface area contributed by atoms with Gasteiger partial charge in [0.2, 0.25) is 0 Å². The largest absolute Gasteiger partial charge is 0.381 e. The standard InChI is InChI=1S/C13H14FNO2S/c14-13-10(8-15)2-1-3-11(13)9-18(16)12-4-6-17-7-5-12/h1-3,12H,4-7,9H2. The first-order valence-corrected chi connectivity index (χ1v) is 7.23. The molecule has 0 spiro atoms. The minimum absolute atomic E-state index is 0.0106. The van der Waals surface area contributed by atoms with Crippen molar-refractivity contribution >= 4 is 10.8 Å². The van der Waals surface area contributed by atoms with Gasteiger partial charge in [0.25, 0.3) is 0 Å². The molecule has 0 bridgehead atoms. The third kappa shape index (κ3) is 2.95. The van der Waals surface area contributed by atoms with E-state index in [0.717, 1.165) is 12.8 Å². The molecule has 1 saturated heterocycles. The smallest absolute Gasteiger partial charge is 0.145 e. The predicted molar refractivity (Wildman–Crippen MR) is 66.8 cm³/mol. The zero-order valence-electron chi connectivity index (χ0n) is 9.89. The van der Waals surface area contributed by atoms with Crippen LogP contribution in [0.5, 0.6) is 0 Å². The van der Waals surface area contributed by atoms with Crippen LogP contribution in [0.3, 0.4) is 0 Å². The van der Waals surface area contributed by atoms with Crippen molar-refractivity contribution in [1.82, 2.24) is 0 Å². The molecule has 1 aliphatic rings. The van der Waals surface area contributed by atoms with E-state index in [9.17, 15) is 8.60 Å². The maximum Gasteiger partial charge on any atom is 0.145 e. The minimum Gasteiger partial charge on any atom is -0.381 e. The average Bonchev–Trinajstić information content (AvgIpc) is 2.42. The molecular formula is C13H14FNO2S. The third-order valence-electron chi connectivity index (χ3n) is 3.04. The predicted octanol–water partition coefficient (Wildman–Crippen LogP) is 2.13. The number of nitrogens with zero attached hydrogens (tertiary/aromatic N) is 1. The fraction of sp³-hybridized carbons (Fsp3) is 0.462. The Morgan fingerprint density at radius 3 is 2.83 bits per heavy atom. The number of rotatable bonds is 3. The second kappa shape index (κ2) is 6.07. The normalized spacial score (nSPS) is 18.2. The third-order valence-corrected chi connectivity index (χ3v) is 4.85. The van der Waals surface area contributed by atoms with Crippen molar-refractivity contribution in [1.29, 1.82) is 5.26 Å². The number of hydrogen-bond acceptors (Lipinski definition) is 3. The molecule has 5 heteroatoms. The van der Waals surface area contributed by atoms with Gasteiger partial charge in [0.15, 0.2) is 0 Å². The molecule has 18 heavy (non-hydrogen) atoms. The van der Waals surface area contributed by atoms with E-state index in [1.165, 1.54) is 6.07 Å². The van der Waals surface area contributed by atoms with Crippen LogP contribution in [0.4, 0.5) is 4.39 Å². The summed E-state index contributed by atoms with van der Waals surface area (Å²) >= 11 is 0. The first kappa shape index (κ1) is 13.2. The molecule has 1 fully saturated rings. The Bertz CT molecular complexity index is 492. The maximum atomic E-state index is 13.8. The lowest BCUT2D eigenvalue weighted by Gasteiger charge is -2.21. The second-order valence-corrected chi connectivity index (χ2v) is 5.94. The summed E-state index contributed by atoms with van der Waals surface area (Å²) in [6.45, 7) is 1.24. The quantitative estimate of drug-likeness (QED) is 0.843. The van der Waals surface area contributed by atoms with Crippen LogP contribution in [0, 0.1) is 17.1 Å². The molecule has 0 radical (unpaired) electrons. The summed E-state index contributed by atoms with van der Waals surface area (Å²) in [4.78, 5) is 0. The minimum atomic E-state index is -1.11. The molecule has 1 aromatic carbocycles. The van der Waals surface area contributed by atoms with Crippen LogP contribution in [0.25, 0.3) is 0 Å². The first-order chi connectivity index (χ1) is 8.72. The van der Waals surface area contributed by atoms with Crippen LogP contribution in [-0.4, -0.2) is 22.7 Å². The summed E-state index contributed by atoms with van der Waals surface area (Å²) < 4.78 is 31.2. The van der Waals surface area contributed by atoms with E-state index in [-0.39, 0.29) is 16.6 Å². The lowest BCUT2D eigenvalue weighted by Crippen LogP contribution is -2.25. The second-order valence-electron chi connectivity index (χ2n) is 4.23. The fourth-order valence-electron chi connectivity index (χ4n) is 1.99. The van der Waals surface area contributed by atoms with E-state index >= 15 is 0 Å². The highest BCUT2D eigenvalue weighted by atomic mass is 32.2. The molecule has 0 aromatic heterocycles.